The monoisotopic (exact) mass is 576 g/mol. The van der Waals surface area contributed by atoms with Gasteiger partial charge in [-0.1, -0.05) is 6.07 Å². The van der Waals surface area contributed by atoms with E-state index < -0.39 is 11.7 Å². The third-order valence-corrected chi connectivity index (χ3v) is 6.77. The number of aromatic nitrogens is 4. The highest BCUT2D eigenvalue weighted by molar-refractivity contribution is 5.82. The maximum absolute atomic E-state index is 13.7. The van der Waals surface area contributed by atoms with Crippen molar-refractivity contribution in [2.45, 2.75) is 19.6 Å². The molecule has 0 radical (unpaired) electrons. The largest absolute Gasteiger partial charge is 0.497 e. The minimum atomic E-state index is -0.855. The second-order valence-corrected chi connectivity index (χ2v) is 10.1. The number of methoxy groups -OCH3 is 2. The van der Waals surface area contributed by atoms with Crippen LogP contribution >= 0.6 is 0 Å². The molecule has 0 aliphatic carbocycles. The zero-order valence-corrected chi connectivity index (χ0v) is 23.6. The summed E-state index contributed by atoms with van der Waals surface area (Å²) in [7, 11) is 3.22. The molecule has 1 saturated heterocycles. The van der Waals surface area contributed by atoms with Crippen molar-refractivity contribution in [2.24, 2.45) is 5.41 Å². The maximum atomic E-state index is 13.7. The molecule has 1 aliphatic heterocycles. The lowest BCUT2D eigenvalue weighted by Gasteiger charge is -2.35. The second kappa shape index (κ2) is 13.1. The summed E-state index contributed by atoms with van der Waals surface area (Å²) in [6.07, 6.45) is 1.50. The Morgan fingerprint density at radius 1 is 1.12 bits per heavy atom. The van der Waals surface area contributed by atoms with E-state index in [9.17, 15) is 9.18 Å². The van der Waals surface area contributed by atoms with Crippen molar-refractivity contribution >= 4 is 17.5 Å². The third-order valence-electron chi connectivity index (χ3n) is 6.77. The van der Waals surface area contributed by atoms with Crippen molar-refractivity contribution < 1.29 is 28.1 Å². The van der Waals surface area contributed by atoms with Crippen LogP contribution in [0.25, 0.3) is 22.6 Å². The van der Waals surface area contributed by atoms with Gasteiger partial charge in [-0.3, -0.25) is 4.79 Å². The summed E-state index contributed by atoms with van der Waals surface area (Å²) in [6.45, 7) is 3.13. The molecule has 1 aliphatic rings. The molecule has 0 saturated carbocycles. The number of H-pyrrole nitrogens is 1. The number of ether oxygens (including phenoxy) is 4. The molecule has 220 valence electrons. The first-order valence-electron chi connectivity index (χ1n) is 13.5. The Balaban J connectivity index is 1.39. The highest BCUT2D eigenvalue weighted by Crippen LogP contribution is 2.36. The van der Waals surface area contributed by atoms with Gasteiger partial charge >= 0.3 is 0 Å². The number of halogens is 1. The fourth-order valence-corrected chi connectivity index (χ4v) is 4.42. The molecule has 11 nitrogen and oxygen atoms in total. The fraction of sp³-hybridized carbons (Fsp3) is 0.333. The quantitative estimate of drug-likeness (QED) is 0.219. The molecular weight excluding hydrogens is 543 g/mol. The SMILES string of the molecule is COCCCNC(=O)C1(C)COC(c2nc(-c3ccc(F)cc3)c(-c3ccnc(Nc4cccc(OC)c4)n3)[nH]2)OC1. The van der Waals surface area contributed by atoms with Crippen LogP contribution in [-0.4, -0.2) is 66.4 Å². The van der Waals surface area contributed by atoms with Crippen molar-refractivity contribution in [2.75, 3.05) is 45.9 Å². The summed E-state index contributed by atoms with van der Waals surface area (Å²) in [6, 6.07) is 15.2. The predicted octanol–water partition coefficient (Wildman–Crippen LogP) is 4.63. The number of anilines is 2. The van der Waals surface area contributed by atoms with Crippen LogP contribution in [0.5, 0.6) is 5.75 Å². The number of carbonyl (C=O) groups is 1. The van der Waals surface area contributed by atoms with Crippen LogP contribution in [0.4, 0.5) is 16.0 Å². The van der Waals surface area contributed by atoms with Gasteiger partial charge in [0.25, 0.3) is 0 Å². The van der Waals surface area contributed by atoms with Gasteiger partial charge in [0.2, 0.25) is 18.1 Å². The van der Waals surface area contributed by atoms with E-state index >= 15 is 0 Å². The van der Waals surface area contributed by atoms with Crippen molar-refractivity contribution in [3.05, 3.63) is 72.4 Å². The lowest BCUT2D eigenvalue weighted by molar-refractivity contribution is -0.231. The van der Waals surface area contributed by atoms with Gasteiger partial charge in [-0.2, -0.15) is 0 Å². The molecule has 2 aromatic heterocycles. The Bertz CT molecular complexity index is 1500. The smallest absolute Gasteiger partial charge is 0.230 e. The highest BCUT2D eigenvalue weighted by Gasteiger charge is 2.40. The average molecular weight is 577 g/mol. The number of nitrogens with zero attached hydrogens (tertiary/aromatic N) is 3. The van der Waals surface area contributed by atoms with E-state index in [0.717, 1.165) is 5.69 Å². The van der Waals surface area contributed by atoms with Crippen molar-refractivity contribution in [3.8, 4) is 28.4 Å². The molecule has 2 aromatic carbocycles. The minimum Gasteiger partial charge on any atom is -0.497 e. The summed E-state index contributed by atoms with van der Waals surface area (Å²) < 4.78 is 36.1. The molecule has 0 atom stereocenters. The topological polar surface area (TPSA) is 133 Å². The first-order valence-corrected chi connectivity index (χ1v) is 13.5. The van der Waals surface area contributed by atoms with Crippen LogP contribution in [0.2, 0.25) is 0 Å². The number of hydrogen-bond donors (Lipinski definition) is 3. The molecule has 3 N–H and O–H groups in total. The number of nitrogens with one attached hydrogen (secondary N) is 3. The van der Waals surface area contributed by atoms with Crippen molar-refractivity contribution in [1.82, 2.24) is 25.3 Å². The Kier molecular flexibility index (Phi) is 9.06. The molecule has 0 unspecified atom stereocenters. The number of carbonyl (C=O) groups excluding carboxylic acids is 1. The first kappa shape index (κ1) is 29.1. The zero-order valence-electron chi connectivity index (χ0n) is 23.6. The van der Waals surface area contributed by atoms with Crippen LogP contribution < -0.4 is 15.4 Å². The number of aromatic amines is 1. The lowest BCUT2D eigenvalue weighted by Crippen LogP contribution is -2.48. The molecule has 3 heterocycles. The number of imidazole rings is 1. The Morgan fingerprint density at radius 2 is 1.90 bits per heavy atom. The lowest BCUT2D eigenvalue weighted by atomic mass is 9.91. The zero-order chi connectivity index (χ0) is 29.5. The van der Waals surface area contributed by atoms with Gasteiger partial charge in [0.15, 0.2) is 5.82 Å². The fourth-order valence-electron chi connectivity index (χ4n) is 4.42. The van der Waals surface area contributed by atoms with Crippen molar-refractivity contribution in [3.63, 3.8) is 0 Å². The van der Waals surface area contributed by atoms with Gasteiger partial charge in [0, 0.05) is 43.8 Å². The molecule has 0 bridgehead atoms. The molecular formula is C30H33FN6O5. The summed E-state index contributed by atoms with van der Waals surface area (Å²) in [5, 5.41) is 6.10. The molecule has 1 amide bonds. The average Bonchev–Trinajstić information content (AvgIpc) is 3.46. The number of rotatable bonds is 11. The molecule has 1 fully saturated rings. The van der Waals surface area contributed by atoms with E-state index in [1.807, 2.05) is 24.3 Å². The van der Waals surface area contributed by atoms with E-state index in [1.165, 1.54) is 12.1 Å². The molecule has 12 heteroatoms. The van der Waals surface area contributed by atoms with Crippen LogP contribution in [0, 0.1) is 11.2 Å². The van der Waals surface area contributed by atoms with E-state index in [4.69, 9.17) is 28.9 Å². The van der Waals surface area contributed by atoms with Gasteiger partial charge in [0.05, 0.1) is 42.8 Å². The molecule has 0 spiro atoms. The van der Waals surface area contributed by atoms with Gasteiger partial charge in [0.1, 0.15) is 11.6 Å². The Labute approximate surface area is 242 Å². The third kappa shape index (κ3) is 6.73. The van der Waals surface area contributed by atoms with Gasteiger partial charge in [-0.05, 0) is 55.8 Å². The van der Waals surface area contributed by atoms with Crippen LogP contribution in [0.1, 0.15) is 25.5 Å². The number of hydrogen-bond acceptors (Lipinski definition) is 9. The van der Waals surface area contributed by atoms with E-state index in [-0.39, 0.29) is 24.9 Å². The maximum Gasteiger partial charge on any atom is 0.230 e. The summed E-state index contributed by atoms with van der Waals surface area (Å²) >= 11 is 0. The molecule has 4 aromatic rings. The van der Waals surface area contributed by atoms with Crippen LogP contribution in [0.3, 0.4) is 0 Å². The highest BCUT2D eigenvalue weighted by atomic mass is 19.1. The Hall–Kier alpha value is -4.39. The Morgan fingerprint density at radius 3 is 2.64 bits per heavy atom. The summed E-state index contributed by atoms with van der Waals surface area (Å²) in [4.78, 5) is 29.9. The standard InChI is InChI=1S/C30H33FN6O5/c1-30(28(38)32-13-5-15-39-2)17-41-27(42-18-30)26-36-24(19-8-10-20(31)11-9-19)25(37-26)23-12-14-33-29(35-23)34-21-6-4-7-22(16-21)40-3/h4,6-12,14,16,27H,5,13,15,17-18H2,1-3H3,(H,32,38)(H,36,37)(H,33,34,35). The minimum absolute atomic E-state index is 0.137. The van der Waals surface area contributed by atoms with Gasteiger partial charge < -0.3 is 34.6 Å². The molecule has 5 rings (SSSR count). The number of benzene rings is 2. The summed E-state index contributed by atoms with van der Waals surface area (Å²) in [5.74, 6) is 0.940. The van der Waals surface area contributed by atoms with E-state index in [2.05, 4.69) is 20.6 Å². The first-order chi connectivity index (χ1) is 20.4. The van der Waals surface area contributed by atoms with Gasteiger partial charge in [-0.25, -0.2) is 19.3 Å². The van der Waals surface area contributed by atoms with Crippen LogP contribution in [-0.2, 0) is 19.0 Å². The van der Waals surface area contributed by atoms with Crippen molar-refractivity contribution in [1.29, 1.82) is 0 Å². The van der Waals surface area contributed by atoms with E-state index in [0.29, 0.717) is 59.7 Å². The second-order valence-electron chi connectivity index (χ2n) is 10.1. The van der Waals surface area contributed by atoms with Gasteiger partial charge in [-0.15, -0.1) is 0 Å². The predicted molar refractivity (Wildman–Crippen MR) is 154 cm³/mol. The van der Waals surface area contributed by atoms with Crippen LogP contribution in [0.15, 0.2) is 60.8 Å². The summed E-state index contributed by atoms with van der Waals surface area (Å²) in [5.41, 5.74) is 2.23. The number of amides is 1. The van der Waals surface area contributed by atoms with E-state index in [1.54, 1.807) is 45.5 Å². The molecule has 42 heavy (non-hydrogen) atoms. The normalized spacial score (nSPS) is 18.4.